The molecular weight excluding hydrogens is 258 g/mol. The first-order chi connectivity index (χ1) is 9.06. The van der Waals surface area contributed by atoms with Crippen molar-refractivity contribution in [3.8, 4) is 0 Å². The maximum atomic E-state index is 13.4. The number of ether oxygens (including phenoxy) is 2. The third-order valence-corrected chi connectivity index (χ3v) is 2.29. The van der Waals surface area contributed by atoms with Crippen molar-refractivity contribution < 1.29 is 23.0 Å². The Morgan fingerprint density at radius 1 is 1.26 bits per heavy atom. The number of hydrogen-bond acceptors (Lipinski definition) is 4. The molecule has 19 heavy (non-hydrogen) atoms. The maximum Gasteiger partial charge on any atom is 0.254 e. The summed E-state index contributed by atoms with van der Waals surface area (Å²) in [5.74, 6) is -2.51. The van der Waals surface area contributed by atoms with Crippen LogP contribution in [0.15, 0.2) is 12.1 Å². The second-order valence-corrected chi connectivity index (χ2v) is 3.71. The molecule has 5 nitrogen and oxygen atoms in total. The van der Waals surface area contributed by atoms with Crippen molar-refractivity contribution in [2.45, 2.75) is 0 Å². The van der Waals surface area contributed by atoms with Gasteiger partial charge in [0, 0.05) is 19.7 Å². The molecule has 0 aliphatic rings. The molecule has 0 saturated carbocycles. The highest BCUT2D eigenvalue weighted by Gasteiger charge is 2.14. The van der Waals surface area contributed by atoms with E-state index in [9.17, 15) is 13.6 Å². The largest absolute Gasteiger partial charge is 0.396 e. The van der Waals surface area contributed by atoms with Crippen LogP contribution in [0.3, 0.4) is 0 Å². The molecule has 0 fully saturated rings. The number of rotatable bonds is 7. The Labute approximate surface area is 109 Å². The van der Waals surface area contributed by atoms with E-state index in [1.165, 1.54) is 0 Å². The molecule has 1 aromatic rings. The van der Waals surface area contributed by atoms with Crippen molar-refractivity contribution >= 4 is 11.6 Å². The summed E-state index contributed by atoms with van der Waals surface area (Å²) < 4.78 is 36.2. The topological polar surface area (TPSA) is 73.6 Å². The lowest BCUT2D eigenvalue weighted by Crippen LogP contribution is -2.28. The highest BCUT2D eigenvalue weighted by atomic mass is 19.1. The lowest BCUT2D eigenvalue weighted by molar-refractivity contribution is 0.0692. The number of amides is 1. The predicted molar refractivity (Wildman–Crippen MR) is 65.8 cm³/mol. The third kappa shape index (κ3) is 4.80. The fraction of sp³-hybridized carbons (Fsp3) is 0.417. The molecule has 0 spiro atoms. The van der Waals surface area contributed by atoms with Crippen LogP contribution in [0.1, 0.15) is 10.4 Å². The van der Waals surface area contributed by atoms with Gasteiger partial charge in [0.1, 0.15) is 11.6 Å². The van der Waals surface area contributed by atoms with E-state index in [1.807, 2.05) is 0 Å². The van der Waals surface area contributed by atoms with Crippen molar-refractivity contribution in [2.75, 3.05) is 39.2 Å². The third-order valence-electron chi connectivity index (χ3n) is 2.29. The Morgan fingerprint density at radius 2 is 2.00 bits per heavy atom. The van der Waals surface area contributed by atoms with Crippen LogP contribution < -0.4 is 11.1 Å². The second-order valence-electron chi connectivity index (χ2n) is 3.71. The predicted octanol–water partition coefficient (Wildman–Crippen LogP) is 0.940. The number of nitrogens with two attached hydrogens (primary N) is 1. The lowest BCUT2D eigenvalue weighted by Gasteiger charge is -2.08. The van der Waals surface area contributed by atoms with E-state index in [4.69, 9.17) is 15.2 Å². The summed E-state index contributed by atoms with van der Waals surface area (Å²) in [4.78, 5) is 11.6. The molecule has 106 valence electrons. The molecule has 0 aromatic heterocycles. The van der Waals surface area contributed by atoms with E-state index >= 15 is 0 Å². The summed E-state index contributed by atoms with van der Waals surface area (Å²) in [5, 5.41) is 2.44. The van der Waals surface area contributed by atoms with E-state index in [1.54, 1.807) is 7.11 Å². The first-order valence-corrected chi connectivity index (χ1v) is 5.65. The van der Waals surface area contributed by atoms with Gasteiger partial charge in [-0.3, -0.25) is 4.79 Å². The van der Waals surface area contributed by atoms with Crippen LogP contribution in [-0.4, -0.2) is 39.4 Å². The molecule has 1 aromatic carbocycles. The Hall–Kier alpha value is -1.73. The van der Waals surface area contributed by atoms with Crippen LogP contribution in [0, 0.1) is 11.6 Å². The van der Waals surface area contributed by atoms with Crippen LogP contribution in [-0.2, 0) is 9.47 Å². The summed E-state index contributed by atoms with van der Waals surface area (Å²) in [6.45, 7) is 1.34. The van der Waals surface area contributed by atoms with Gasteiger partial charge in [0.15, 0.2) is 0 Å². The van der Waals surface area contributed by atoms with Crippen LogP contribution in [0.4, 0.5) is 14.5 Å². The van der Waals surface area contributed by atoms with Crippen molar-refractivity contribution in [3.63, 3.8) is 0 Å². The van der Waals surface area contributed by atoms with Crippen molar-refractivity contribution in [1.82, 2.24) is 5.32 Å². The van der Waals surface area contributed by atoms with Crippen LogP contribution in [0.5, 0.6) is 0 Å². The van der Waals surface area contributed by atoms with E-state index in [2.05, 4.69) is 5.32 Å². The molecule has 1 rings (SSSR count). The van der Waals surface area contributed by atoms with Crippen molar-refractivity contribution in [1.29, 1.82) is 0 Å². The van der Waals surface area contributed by atoms with Gasteiger partial charge < -0.3 is 20.5 Å². The smallest absolute Gasteiger partial charge is 0.254 e. The molecule has 3 N–H and O–H groups in total. The number of nitrogen functional groups attached to an aromatic ring is 1. The van der Waals surface area contributed by atoms with E-state index in [0.29, 0.717) is 19.3 Å². The molecular formula is C12H16F2N2O3. The number of methoxy groups -OCH3 is 1. The Morgan fingerprint density at radius 3 is 2.68 bits per heavy atom. The Kier molecular flexibility index (Phi) is 6.17. The van der Waals surface area contributed by atoms with Gasteiger partial charge in [0.25, 0.3) is 5.91 Å². The van der Waals surface area contributed by atoms with Crippen LogP contribution in [0.25, 0.3) is 0 Å². The zero-order chi connectivity index (χ0) is 14.3. The van der Waals surface area contributed by atoms with Crippen molar-refractivity contribution in [3.05, 3.63) is 29.3 Å². The zero-order valence-electron chi connectivity index (χ0n) is 10.5. The van der Waals surface area contributed by atoms with Gasteiger partial charge in [-0.05, 0) is 6.07 Å². The minimum atomic E-state index is -0.954. The monoisotopic (exact) mass is 274 g/mol. The summed E-state index contributed by atoms with van der Waals surface area (Å²) in [6.07, 6.45) is 0. The van der Waals surface area contributed by atoms with Gasteiger partial charge in [-0.2, -0.15) is 0 Å². The average Bonchev–Trinajstić information content (AvgIpc) is 2.37. The van der Waals surface area contributed by atoms with Crippen LogP contribution in [0.2, 0.25) is 0 Å². The van der Waals surface area contributed by atoms with Crippen LogP contribution >= 0.6 is 0 Å². The van der Waals surface area contributed by atoms with Gasteiger partial charge >= 0.3 is 0 Å². The minimum Gasteiger partial charge on any atom is -0.396 e. The van der Waals surface area contributed by atoms with Gasteiger partial charge in [-0.25, -0.2) is 8.78 Å². The summed E-state index contributed by atoms with van der Waals surface area (Å²) >= 11 is 0. The molecule has 7 heteroatoms. The highest BCUT2D eigenvalue weighted by Crippen LogP contribution is 2.16. The number of nitrogens with one attached hydrogen (secondary N) is 1. The fourth-order valence-electron chi connectivity index (χ4n) is 1.32. The number of anilines is 1. The van der Waals surface area contributed by atoms with Gasteiger partial charge in [-0.1, -0.05) is 0 Å². The highest BCUT2D eigenvalue weighted by molar-refractivity contribution is 5.95. The van der Waals surface area contributed by atoms with E-state index in [-0.39, 0.29) is 24.4 Å². The zero-order valence-corrected chi connectivity index (χ0v) is 10.5. The van der Waals surface area contributed by atoms with Gasteiger partial charge in [-0.15, -0.1) is 0 Å². The SMILES string of the molecule is COCCOCCNC(=O)c1cc(N)c(F)cc1F. The van der Waals surface area contributed by atoms with E-state index in [0.717, 1.165) is 6.07 Å². The number of hydrogen-bond donors (Lipinski definition) is 2. The molecule has 0 bridgehead atoms. The summed E-state index contributed by atoms with van der Waals surface area (Å²) in [7, 11) is 1.55. The average molecular weight is 274 g/mol. The van der Waals surface area contributed by atoms with E-state index < -0.39 is 17.5 Å². The molecule has 1 amide bonds. The minimum absolute atomic E-state index is 0.208. The molecule has 0 aliphatic heterocycles. The standard InChI is InChI=1S/C12H16F2N2O3/c1-18-4-5-19-3-2-16-12(17)8-6-11(15)10(14)7-9(8)13/h6-7H,2-5,15H2,1H3,(H,16,17). The van der Waals surface area contributed by atoms with Crippen molar-refractivity contribution in [2.24, 2.45) is 0 Å². The molecule has 0 radical (unpaired) electrons. The molecule has 0 unspecified atom stereocenters. The lowest BCUT2D eigenvalue weighted by atomic mass is 10.1. The normalized spacial score (nSPS) is 10.5. The molecule has 0 saturated heterocycles. The van der Waals surface area contributed by atoms with Gasteiger partial charge in [0.2, 0.25) is 0 Å². The quantitative estimate of drug-likeness (QED) is 0.573. The second kappa shape index (κ2) is 7.65. The first-order valence-electron chi connectivity index (χ1n) is 5.65. The fourth-order valence-corrected chi connectivity index (χ4v) is 1.32. The maximum absolute atomic E-state index is 13.4. The summed E-state index contributed by atoms with van der Waals surface area (Å²) in [6, 6.07) is 1.55. The van der Waals surface area contributed by atoms with Gasteiger partial charge in [0.05, 0.1) is 31.1 Å². The molecule has 0 aliphatic carbocycles. The number of carbonyl (C=O) groups excluding carboxylic acids is 1. The Balaban J connectivity index is 2.43. The number of carbonyl (C=O) groups is 1. The first kappa shape index (κ1) is 15.3. The number of halogens is 2. The molecule has 0 heterocycles. The summed E-state index contributed by atoms with van der Waals surface area (Å²) in [5.41, 5.74) is 4.71. The Bertz CT molecular complexity index is 441. The molecule has 0 atom stereocenters. The number of benzene rings is 1.